The summed E-state index contributed by atoms with van der Waals surface area (Å²) in [6.07, 6.45) is 0.315. The molecule has 0 saturated heterocycles. The third-order valence-electron chi connectivity index (χ3n) is 3.59. The minimum atomic E-state index is -0.979. The number of rotatable bonds is 8. The van der Waals surface area contributed by atoms with Gasteiger partial charge in [-0.2, -0.15) is 0 Å². The minimum absolute atomic E-state index is 0.161. The standard InChI is InChI=1S/C18H26N2O4/c1-11(2)9-15(18(24)19-13(4)10-16(21)22)20-17(23)14-8-6-5-7-12(14)3/h5-8,11,13,15H,9-10H2,1-4H3,(H,19,24)(H,20,23)(H,21,22). The van der Waals surface area contributed by atoms with Crippen molar-refractivity contribution in [3.8, 4) is 0 Å². The average molecular weight is 334 g/mol. The van der Waals surface area contributed by atoms with Gasteiger partial charge in [-0.05, 0) is 37.8 Å². The SMILES string of the molecule is Cc1ccccc1C(=O)NC(CC(C)C)C(=O)NC(C)CC(=O)O. The fourth-order valence-corrected chi connectivity index (χ4v) is 2.42. The lowest BCUT2D eigenvalue weighted by molar-refractivity contribution is -0.137. The minimum Gasteiger partial charge on any atom is -0.481 e. The molecule has 2 unspecified atom stereocenters. The van der Waals surface area contributed by atoms with Crippen molar-refractivity contribution < 1.29 is 19.5 Å². The summed E-state index contributed by atoms with van der Waals surface area (Å²) in [5.41, 5.74) is 1.36. The van der Waals surface area contributed by atoms with Gasteiger partial charge >= 0.3 is 5.97 Å². The van der Waals surface area contributed by atoms with E-state index in [1.807, 2.05) is 32.9 Å². The zero-order chi connectivity index (χ0) is 18.3. The molecule has 0 saturated carbocycles. The summed E-state index contributed by atoms with van der Waals surface area (Å²) in [7, 11) is 0. The number of carboxylic acids is 1. The quantitative estimate of drug-likeness (QED) is 0.678. The van der Waals surface area contributed by atoms with Crippen LogP contribution in [0.2, 0.25) is 0 Å². The second kappa shape index (κ2) is 9.05. The fourth-order valence-electron chi connectivity index (χ4n) is 2.42. The van der Waals surface area contributed by atoms with Crippen LogP contribution in [0, 0.1) is 12.8 Å². The van der Waals surface area contributed by atoms with Crippen LogP contribution in [0.4, 0.5) is 0 Å². The van der Waals surface area contributed by atoms with Gasteiger partial charge in [0.05, 0.1) is 6.42 Å². The molecule has 6 heteroatoms. The molecule has 2 atom stereocenters. The van der Waals surface area contributed by atoms with Crippen LogP contribution < -0.4 is 10.6 Å². The Hall–Kier alpha value is -2.37. The molecule has 0 aromatic heterocycles. The van der Waals surface area contributed by atoms with E-state index in [4.69, 9.17) is 5.11 Å². The van der Waals surface area contributed by atoms with Crippen LogP contribution in [-0.2, 0) is 9.59 Å². The highest BCUT2D eigenvalue weighted by Gasteiger charge is 2.24. The Balaban J connectivity index is 2.81. The van der Waals surface area contributed by atoms with Crippen molar-refractivity contribution in [2.24, 2.45) is 5.92 Å². The molecule has 3 N–H and O–H groups in total. The molecule has 1 aromatic rings. The van der Waals surface area contributed by atoms with E-state index in [9.17, 15) is 14.4 Å². The van der Waals surface area contributed by atoms with Gasteiger partial charge in [0.1, 0.15) is 6.04 Å². The van der Waals surface area contributed by atoms with E-state index < -0.39 is 18.1 Å². The molecule has 1 rings (SSSR count). The lowest BCUT2D eigenvalue weighted by Crippen LogP contribution is -2.50. The highest BCUT2D eigenvalue weighted by Crippen LogP contribution is 2.10. The normalized spacial score (nSPS) is 13.2. The van der Waals surface area contributed by atoms with E-state index in [-0.39, 0.29) is 24.2 Å². The van der Waals surface area contributed by atoms with Crippen molar-refractivity contribution in [1.82, 2.24) is 10.6 Å². The smallest absolute Gasteiger partial charge is 0.305 e. The van der Waals surface area contributed by atoms with E-state index >= 15 is 0 Å². The number of benzene rings is 1. The molecule has 0 spiro atoms. The number of hydrogen-bond donors (Lipinski definition) is 3. The van der Waals surface area contributed by atoms with Gasteiger partial charge in [0, 0.05) is 11.6 Å². The third-order valence-corrected chi connectivity index (χ3v) is 3.59. The molecule has 24 heavy (non-hydrogen) atoms. The molecule has 2 amide bonds. The van der Waals surface area contributed by atoms with Crippen LogP contribution in [0.3, 0.4) is 0 Å². The first-order valence-electron chi connectivity index (χ1n) is 8.09. The third kappa shape index (κ3) is 6.40. The number of carbonyl (C=O) groups is 3. The van der Waals surface area contributed by atoms with Crippen LogP contribution in [0.1, 0.15) is 49.5 Å². The van der Waals surface area contributed by atoms with Gasteiger partial charge < -0.3 is 15.7 Å². The zero-order valence-electron chi connectivity index (χ0n) is 14.6. The summed E-state index contributed by atoms with van der Waals surface area (Å²) in [5, 5.41) is 14.2. The molecule has 0 radical (unpaired) electrons. The van der Waals surface area contributed by atoms with E-state index in [2.05, 4.69) is 10.6 Å². The summed E-state index contributed by atoms with van der Waals surface area (Å²) in [6, 6.07) is 5.96. The maximum absolute atomic E-state index is 12.4. The molecule has 0 aliphatic rings. The van der Waals surface area contributed by atoms with Gasteiger partial charge in [-0.15, -0.1) is 0 Å². The first-order chi connectivity index (χ1) is 11.2. The van der Waals surface area contributed by atoms with E-state index in [0.717, 1.165) is 5.56 Å². The number of hydrogen-bond acceptors (Lipinski definition) is 3. The van der Waals surface area contributed by atoms with Gasteiger partial charge in [-0.3, -0.25) is 14.4 Å². The summed E-state index contributed by atoms with van der Waals surface area (Å²) in [6.45, 7) is 7.38. The predicted octanol–water partition coefficient (Wildman–Crippen LogP) is 2.12. The van der Waals surface area contributed by atoms with Crippen molar-refractivity contribution in [2.75, 3.05) is 0 Å². The van der Waals surface area contributed by atoms with Crippen LogP contribution in [0.5, 0.6) is 0 Å². The monoisotopic (exact) mass is 334 g/mol. The Morgan fingerprint density at radius 3 is 2.25 bits per heavy atom. The van der Waals surface area contributed by atoms with Gasteiger partial charge in [-0.25, -0.2) is 0 Å². The molecule has 0 fully saturated rings. The van der Waals surface area contributed by atoms with Gasteiger partial charge in [0.15, 0.2) is 0 Å². The van der Waals surface area contributed by atoms with E-state index in [1.165, 1.54) is 0 Å². The van der Waals surface area contributed by atoms with Gasteiger partial charge in [0.25, 0.3) is 5.91 Å². The number of amides is 2. The highest BCUT2D eigenvalue weighted by molar-refractivity contribution is 5.98. The lowest BCUT2D eigenvalue weighted by Gasteiger charge is -2.22. The molecular weight excluding hydrogens is 308 g/mol. The molecule has 132 valence electrons. The summed E-state index contributed by atoms with van der Waals surface area (Å²) >= 11 is 0. The van der Waals surface area contributed by atoms with E-state index in [1.54, 1.807) is 19.1 Å². The largest absolute Gasteiger partial charge is 0.481 e. The predicted molar refractivity (Wildman–Crippen MR) is 91.7 cm³/mol. The maximum Gasteiger partial charge on any atom is 0.305 e. The highest BCUT2D eigenvalue weighted by atomic mass is 16.4. The topological polar surface area (TPSA) is 95.5 Å². The van der Waals surface area contributed by atoms with Crippen molar-refractivity contribution >= 4 is 17.8 Å². The first-order valence-corrected chi connectivity index (χ1v) is 8.09. The number of nitrogens with one attached hydrogen (secondary N) is 2. The van der Waals surface area contributed by atoms with Gasteiger partial charge in [-0.1, -0.05) is 32.0 Å². The number of carbonyl (C=O) groups excluding carboxylic acids is 2. The van der Waals surface area contributed by atoms with Crippen molar-refractivity contribution in [3.63, 3.8) is 0 Å². The molecule has 0 aliphatic carbocycles. The zero-order valence-corrected chi connectivity index (χ0v) is 14.6. The fraction of sp³-hybridized carbons (Fsp3) is 0.500. The van der Waals surface area contributed by atoms with Crippen LogP contribution in [-0.4, -0.2) is 35.0 Å². The Bertz CT molecular complexity index is 598. The Morgan fingerprint density at radius 2 is 1.71 bits per heavy atom. The average Bonchev–Trinajstić information content (AvgIpc) is 2.45. The first kappa shape index (κ1) is 19.7. The van der Waals surface area contributed by atoms with Crippen molar-refractivity contribution in [2.45, 2.75) is 52.6 Å². The maximum atomic E-state index is 12.4. The van der Waals surface area contributed by atoms with Crippen molar-refractivity contribution in [3.05, 3.63) is 35.4 Å². The second-order valence-corrected chi connectivity index (χ2v) is 6.48. The van der Waals surface area contributed by atoms with E-state index in [0.29, 0.717) is 12.0 Å². The van der Waals surface area contributed by atoms with Crippen LogP contribution in [0.25, 0.3) is 0 Å². The summed E-state index contributed by atoms with van der Waals surface area (Å²) in [5.74, 6) is -1.45. The Kier molecular flexibility index (Phi) is 7.42. The number of carboxylic acid groups (broad SMARTS) is 1. The summed E-state index contributed by atoms with van der Waals surface area (Å²) < 4.78 is 0. The molecular formula is C18H26N2O4. The molecule has 0 aliphatic heterocycles. The van der Waals surface area contributed by atoms with Gasteiger partial charge in [0.2, 0.25) is 5.91 Å². The second-order valence-electron chi connectivity index (χ2n) is 6.48. The Morgan fingerprint density at radius 1 is 1.08 bits per heavy atom. The molecule has 6 nitrogen and oxygen atoms in total. The molecule has 0 bridgehead atoms. The van der Waals surface area contributed by atoms with Crippen molar-refractivity contribution in [1.29, 1.82) is 0 Å². The molecule has 0 heterocycles. The summed E-state index contributed by atoms with van der Waals surface area (Å²) in [4.78, 5) is 35.6. The molecule has 1 aromatic carbocycles. The Labute approximate surface area is 142 Å². The number of aryl methyl sites for hydroxylation is 1. The van der Waals surface area contributed by atoms with Crippen LogP contribution in [0.15, 0.2) is 24.3 Å². The van der Waals surface area contributed by atoms with Crippen LogP contribution >= 0.6 is 0 Å². The lowest BCUT2D eigenvalue weighted by atomic mass is 10.0. The number of aliphatic carboxylic acids is 1.